The quantitative estimate of drug-likeness (QED) is 0.295. The van der Waals surface area contributed by atoms with Crippen molar-refractivity contribution in [3.63, 3.8) is 0 Å². The standard InChI is InChI=1S/C23H24N4O4S2/c1-12(19-7-8-21(33-19)20-6-5-14(32-20)11-24-23(28)29)25-22-15-9-17(30-3)18(31-4)10-16(15)26-13(2)27-22/h5-10,12,24H,11H2,1-4H3,(H,28,29)(H,25,26,27). The van der Waals surface area contributed by atoms with E-state index in [-0.39, 0.29) is 6.04 Å². The molecule has 0 aliphatic carbocycles. The zero-order chi connectivity index (χ0) is 23.5. The monoisotopic (exact) mass is 484 g/mol. The lowest BCUT2D eigenvalue weighted by molar-refractivity contribution is 0.194. The normalized spacial score (nSPS) is 11.9. The van der Waals surface area contributed by atoms with Gasteiger partial charge in [-0.3, -0.25) is 0 Å². The van der Waals surface area contributed by atoms with Crippen molar-refractivity contribution >= 4 is 45.5 Å². The summed E-state index contributed by atoms with van der Waals surface area (Å²) in [5.41, 5.74) is 0.780. The van der Waals surface area contributed by atoms with E-state index >= 15 is 0 Å². The molecule has 0 radical (unpaired) electrons. The second kappa shape index (κ2) is 9.63. The molecule has 10 heteroatoms. The average Bonchev–Trinajstić information content (AvgIpc) is 3.46. The molecule has 1 unspecified atom stereocenters. The van der Waals surface area contributed by atoms with Crippen LogP contribution in [0.5, 0.6) is 11.5 Å². The Balaban J connectivity index is 1.57. The first-order chi connectivity index (χ1) is 15.9. The van der Waals surface area contributed by atoms with Crippen LogP contribution in [0.15, 0.2) is 36.4 Å². The Morgan fingerprint density at radius 2 is 1.76 bits per heavy atom. The van der Waals surface area contributed by atoms with Crippen molar-refractivity contribution in [3.8, 4) is 21.3 Å². The predicted molar refractivity (Wildman–Crippen MR) is 132 cm³/mol. The summed E-state index contributed by atoms with van der Waals surface area (Å²) < 4.78 is 10.9. The van der Waals surface area contributed by atoms with Crippen molar-refractivity contribution in [1.82, 2.24) is 15.3 Å². The van der Waals surface area contributed by atoms with Crippen LogP contribution in [0.1, 0.15) is 28.5 Å². The molecule has 3 N–H and O–H groups in total. The Kier molecular flexibility index (Phi) is 6.66. The number of anilines is 1. The zero-order valence-electron chi connectivity index (χ0n) is 18.6. The van der Waals surface area contributed by atoms with Crippen LogP contribution < -0.4 is 20.1 Å². The highest BCUT2D eigenvalue weighted by Crippen LogP contribution is 2.38. The Bertz CT molecular complexity index is 1300. The van der Waals surface area contributed by atoms with Gasteiger partial charge in [-0.15, -0.1) is 22.7 Å². The third-order valence-corrected chi connectivity index (χ3v) is 7.59. The van der Waals surface area contributed by atoms with Gasteiger partial charge in [0.15, 0.2) is 11.5 Å². The molecule has 0 aliphatic heterocycles. The van der Waals surface area contributed by atoms with Gasteiger partial charge in [-0.25, -0.2) is 14.8 Å². The van der Waals surface area contributed by atoms with E-state index < -0.39 is 6.09 Å². The second-order valence-corrected chi connectivity index (χ2v) is 9.62. The first-order valence-corrected chi connectivity index (χ1v) is 11.8. The maximum Gasteiger partial charge on any atom is 0.404 e. The minimum absolute atomic E-state index is 0.0162. The smallest absolute Gasteiger partial charge is 0.404 e. The number of aryl methyl sites for hydroxylation is 1. The fraction of sp³-hybridized carbons (Fsp3) is 0.261. The van der Waals surface area contributed by atoms with Crippen molar-refractivity contribution in [3.05, 3.63) is 52.0 Å². The first-order valence-electron chi connectivity index (χ1n) is 10.2. The number of hydrogen-bond donors (Lipinski definition) is 3. The van der Waals surface area contributed by atoms with Crippen LogP contribution in [-0.2, 0) is 6.54 Å². The predicted octanol–water partition coefficient (Wildman–Crippen LogP) is 5.69. The number of carbonyl (C=O) groups is 1. The number of nitrogens with one attached hydrogen (secondary N) is 2. The summed E-state index contributed by atoms with van der Waals surface area (Å²) >= 11 is 3.28. The molecule has 3 heterocycles. The van der Waals surface area contributed by atoms with E-state index in [4.69, 9.17) is 14.6 Å². The maximum absolute atomic E-state index is 10.7. The largest absolute Gasteiger partial charge is 0.493 e. The van der Waals surface area contributed by atoms with Crippen molar-refractivity contribution in [2.75, 3.05) is 19.5 Å². The summed E-state index contributed by atoms with van der Waals surface area (Å²) in [7, 11) is 3.21. The molecule has 1 amide bonds. The van der Waals surface area contributed by atoms with E-state index in [1.807, 2.05) is 31.2 Å². The fourth-order valence-electron chi connectivity index (χ4n) is 3.44. The van der Waals surface area contributed by atoms with Gasteiger partial charge < -0.3 is 25.2 Å². The first kappa shape index (κ1) is 22.8. The molecule has 0 fully saturated rings. The second-order valence-electron chi connectivity index (χ2n) is 7.34. The fourth-order valence-corrected chi connectivity index (χ4v) is 5.49. The third-order valence-electron chi connectivity index (χ3n) is 5.04. The molecule has 8 nitrogen and oxygen atoms in total. The highest BCUT2D eigenvalue weighted by molar-refractivity contribution is 7.22. The lowest BCUT2D eigenvalue weighted by Crippen LogP contribution is -2.19. The molecular weight excluding hydrogens is 460 g/mol. The molecule has 0 saturated carbocycles. The Hall–Kier alpha value is -3.37. The van der Waals surface area contributed by atoms with E-state index in [2.05, 4.69) is 39.7 Å². The number of hydrogen-bond acceptors (Lipinski definition) is 8. The molecule has 1 atom stereocenters. The summed E-state index contributed by atoms with van der Waals surface area (Å²) in [4.78, 5) is 24.3. The minimum atomic E-state index is -1.02. The number of ether oxygens (including phenoxy) is 2. The topological polar surface area (TPSA) is 106 Å². The Morgan fingerprint density at radius 3 is 2.48 bits per heavy atom. The molecule has 33 heavy (non-hydrogen) atoms. The molecule has 0 spiro atoms. The third kappa shape index (κ3) is 5.01. The Morgan fingerprint density at radius 1 is 1.06 bits per heavy atom. The molecular formula is C23H24N4O4S2. The summed E-state index contributed by atoms with van der Waals surface area (Å²) in [6.07, 6.45) is -1.02. The van der Waals surface area contributed by atoms with Crippen molar-refractivity contribution in [1.29, 1.82) is 0 Å². The van der Waals surface area contributed by atoms with Crippen LogP contribution >= 0.6 is 22.7 Å². The zero-order valence-corrected chi connectivity index (χ0v) is 20.3. The molecule has 0 bridgehead atoms. The van der Waals surface area contributed by atoms with Gasteiger partial charge in [0, 0.05) is 31.0 Å². The van der Waals surface area contributed by atoms with Gasteiger partial charge in [0.1, 0.15) is 11.6 Å². The highest BCUT2D eigenvalue weighted by Gasteiger charge is 2.16. The van der Waals surface area contributed by atoms with Gasteiger partial charge >= 0.3 is 6.09 Å². The number of amides is 1. The number of fused-ring (bicyclic) bond motifs is 1. The highest BCUT2D eigenvalue weighted by atomic mass is 32.1. The van der Waals surface area contributed by atoms with E-state index in [0.29, 0.717) is 23.9 Å². The Labute approximate surface area is 199 Å². The molecule has 3 aromatic heterocycles. The number of methoxy groups -OCH3 is 2. The van der Waals surface area contributed by atoms with Crippen molar-refractivity contribution in [2.45, 2.75) is 26.4 Å². The average molecular weight is 485 g/mol. The number of nitrogens with zero attached hydrogens (tertiary/aromatic N) is 2. The van der Waals surface area contributed by atoms with E-state index in [0.717, 1.165) is 36.2 Å². The van der Waals surface area contributed by atoms with Crippen LogP contribution in [-0.4, -0.2) is 35.4 Å². The molecule has 4 aromatic rings. The SMILES string of the molecule is COc1cc2nc(C)nc(NC(C)c3ccc(-c4ccc(CNC(=O)O)s4)s3)c2cc1OC. The van der Waals surface area contributed by atoms with Gasteiger partial charge in [0.2, 0.25) is 0 Å². The number of aromatic nitrogens is 2. The van der Waals surface area contributed by atoms with Gasteiger partial charge in [0.25, 0.3) is 0 Å². The van der Waals surface area contributed by atoms with Crippen LogP contribution in [0, 0.1) is 6.92 Å². The van der Waals surface area contributed by atoms with Gasteiger partial charge in [-0.2, -0.15) is 0 Å². The van der Waals surface area contributed by atoms with Crippen molar-refractivity contribution in [2.24, 2.45) is 0 Å². The lowest BCUT2D eigenvalue weighted by atomic mass is 10.2. The van der Waals surface area contributed by atoms with Crippen LogP contribution in [0.2, 0.25) is 0 Å². The summed E-state index contributed by atoms with van der Waals surface area (Å²) in [6.45, 7) is 4.27. The van der Waals surface area contributed by atoms with E-state index in [1.54, 1.807) is 36.9 Å². The van der Waals surface area contributed by atoms with Crippen LogP contribution in [0.25, 0.3) is 20.7 Å². The van der Waals surface area contributed by atoms with Gasteiger partial charge in [0.05, 0.1) is 32.3 Å². The summed E-state index contributed by atoms with van der Waals surface area (Å²) in [5.74, 6) is 2.65. The van der Waals surface area contributed by atoms with E-state index in [9.17, 15) is 4.79 Å². The summed E-state index contributed by atoms with van der Waals surface area (Å²) in [5, 5.41) is 15.6. The number of carboxylic acid groups (broad SMARTS) is 1. The number of rotatable bonds is 8. The van der Waals surface area contributed by atoms with E-state index in [1.165, 1.54) is 0 Å². The lowest BCUT2D eigenvalue weighted by Gasteiger charge is -2.16. The molecule has 172 valence electrons. The molecule has 0 saturated heterocycles. The molecule has 1 aromatic carbocycles. The minimum Gasteiger partial charge on any atom is -0.493 e. The molecule has 4 rings (SSSR count). The van der Waals surface area contributed by atoms with Gasteiger partial charge in [-0.1, -0.05) is 0 Å². The summed E-state index contributed by atoms with van der Waals surface area (Å²) in [6, 6.07) is 11.9. The maximum atomic E-state index is 10.7. The van der Waals surface area contributed by atoms with Crippen LogP contribution in [0.3, 0.4) is 0 Å². The van der Waals surface area contributed by atoms with Crippen LogP contribution in [0.4, 0.5) is 10.6 Å². The van der Waals surface area contributed by atoms with Gasteiger partial charge in [-0.05, 0) is 44.2 Å². The number of benzene rings is 1. The van der Waals surface area contributed by atoms with Crippen molar-refractivity contribution < 1.29 is 19.4 Å². The number of thiophene rings is 2. The molecule has 0 aliphatic rings.